The smallest absolute Gasteiger partial charge is 0.315 e. The average molecular weight is 282 g/mol. The number of hydrogen-bond acceptors (Lipinski definition) is 3. The van der Waals surface area contributed by atoms with Crippen molar-refractivity contribution in [1.82, 2.24) is 10.6 Å². The highest BCUT2D eigenvalue weighted by molar-refractivity contribution is 5.74. The van der Waals surface area contributed by atoms with Crippen molar-refractivity contribution in [3.05, 3.63) is 0 Å². The van der Waals surface area contributed by atoms with E-state index in [2.05, 4.69) is 10.6 Å². The fourth-order valence-electron chi connectivity index (χ4n) is 3.65. The second kappa shape index (κ2) is 6.31. The maximum atomic E-state index is 12.2. The van der Waals surface area contributed by atoms with Gasteiger partial charge in [0.05, 0.1) is 12.1 Å². The standard InChI is InChI=1S/C15H26N2O3/c18-9-11-3-1-2-4-12(11)16-15(19)17-13-7-8-20-14(13)10-5-6-10/h10-14,18H,1-9H2,(H2,16,17,19)/t11-,12-,13-,14-/m1/s1. The van der Waals surface area contributed by atoms with Gasteiger partial charge in [-0.15, -0.1) is 0 Å². The summed E-state index contributed by atoms with van der Waals surface area (Å²) in [6, 6.07) is 0.200. The van der Waals surface area contributed by atoms with Gasteiger partial charge in [0.25, 0.3) is 0 Å². The number of aliphatic hydroxyl groups excluding tert-OH is 1. The van der Waals surface area contributed by atoms with Gasteiger partial charge in [-0.2, -0.15) is 0 Å². The van der Waals surface area contributed by atoms with E-state index >= 15 is 0 Å². The molecule has 0 aromatic rings. The minimum atomic E-state index is -0.0866. The molecule has 0 radical (unpaired) electrons. The van der Waals surface area contributed by atoms with Crippen molar-refractivity contribution in [3.63, 3.8) is 0 Å². The van der Waals surface area contributed by atoms with Crippen LogP contribution in [0.25, 0.3) is 0 Å². The highest BCUT2D eigenvalue weighted by atomic mass is 16.5. The monoisotopic (exact) mass is 282 g/mol. The quantitative estimate of drug-likeness (QED) is 0.730. The molecule has 1 heterocycles. The van der Waals surface area contributed by atoms with Gasteiger partial charge in [0.15, 0.2) is 0 Å². The van der Waals surface area contributed by atoms with Crippen molar-refractivity contribution in [1.29, 1.82) is 0 Å². The zero-order valence-electron chi connectivity index (χ0n) is 12.0. The van der Waals surface area contributed by atoms with Crippen LogP contribution in [0.4, 0.5) is 4.79 Å². The van der Waals surface area contributed by atoms with Crippen LogP contribution in [0.15, 0.2) is 0 Å². The molecule has 1 aliphatic heterocycles. The minimum Gasteiger partial charge on any atom is -0.396 e. The fraction of sp³-hybridized carbons (Fsp3) is 0.933. The molecule has 3 N–H and O–H groups in total. The summed E-state index contributed by atoms with van der Waals surface area (Å²) in [4.78, 5) is 12.2. The van der Waals surface area contributed by atoms with Crippen LogP contribution < -0.4 is 10.6 Å². The third kappa shape index (κ3) is 3.26. The molecule has 0 aromatic heterocycles. The molecule has 0 bridgehead atoms. The van der Waals surface area contributed by atoms with Crippen molar-refractivity contribution in [2.24, 2.45) is 11.8 Å². The Morgan fingerprint density at radius 2 is 1.80 bits per heavy atom. The van der Waals surface area contributed by atoms with E-state index in [-0.39, 0.29) is 36.7 Å². The molecule has 2 aliphatic carbocycles. The van der Waals surface area contributed by atoms with Gasteiger partial charge in [0, 0.05) is 25.2 Å². The van der Waals surface area contributed by atoms with Crippen LogP contribution in [-0.4, -0.2) is 42.5 Å². The Labute approximate surface area is 120 Å². The lowest BCUT2D eigenvalue weighted by Gasteiger charge is -2.31. The molecule has 3 aliphatic rings. The van der Waals surface area contributed by atoms with E-state index in [1.807, 2.05) is 0 Å². The van der Waals surface area contributed by atoms with Gasteiger partial charge < -0.3 is 20.5 Å². The van der Waals surface area contributed by atoms with Crippen molar-refractivity contribution in [3.8, 4) is 0 Å². The van der Waals surface area contributed by atoms with E-state index in [1.165, 1.54) is 12.8 Å². The molecule has 20 heavy (non-hydrogen) atoms. The Morgan fingerprint density at radius 3 is 2.55 bits per heavy atom. The van der Waals surface area contributed by atoms with Gasteiger partial charge in [0.1, 0.15) is 0 Å². The average Bonchev–Trinajstić information content (AvgIpc) is 3.20. The predicted molar refractivity (Wildman–Crippen MR) is 75.4 cm³/mol. The lowest BCUT2D eigenvalue weighted by Crippen LogP contribution is -2.52. The zero-order chi connectivity index (χ0) is 13.9. The Balaban J connectivity index is 1.48. The van der Waals surface area contributed by atoms with E-state index in [1.54, 1.807) is 0 Å². The van der Waals surface area contributed by atoms with Gasteiger partial charge in [-0.25, -0.2) is 4.79 Å². The van der Waals surface area contributed by atoms with E-state index in [9.17, 15) is 9.90 Å². The Morgan fingerprint density at radius 1 is 1.05 bits per heavy atom. The second-order valence-electron chi connectivity index (χ2n) is 6.52. The summed E-state index contributed by atoms with van der Waals surface area (Å²) < 4.78 is 5.74. The normalized spacial score (nSPS) is 37.6. The minimum absolute atomic E-state index is 0.0866. The molecule has 3 fully saturated rings. The molecule has 0 spiro atoms. The molecule has 3 rings (SSSR count). The van der Waals surface area contributed by atoms with Crippen LogP contribution in [0.3, 0.4) is 0 Å². The third-order valence-electron chi connectivity index (χ3n) is 5.00. The number of carbonyl (C=O) groups is 1. The number of urea groups is 1. The number of aliphatic hydroxyl groups is 1. The van der Waals surface area contributed by atoms with Crippen molar-refractivity contribution < 1.29 is 14.6 Å². The summed E-state index contributed by atoms with van der Waals surface area (Å²) in [7, 11) is 0. The largest absolute Gasteiger partial charge is 0.396 e. The maximum absolute atomic E-state index is 12.2. The molecular formula is C15H26N2O3. The molecule has 5 heteroatoms. The first kappa shape index (κ1) is 14.1. The number of rotatable bonds is 4. The number of ether oxygens (including phenoxy) is 1. The summed E-state index contributed by atoms with van der Waals surface area (Å²) in [6.45, 7) is 0.928. The van der Waals surface area contributed by atoms with E-state index in [0.717, 1.165) is 38.7 Å². The predicted octanol–water partition coefficient (Wildman–Crippen LogP) is 1.40. The molecule has 1 saturated heterocycles. The third-order valence-corrected chi connectivity index (χ3v) is 5.00. The first-order valence-corrected chi connectivity index (χ1v) is 8.07. The number of carbonyl (C=O) groups excluding carboxylic acids is 1. The van der Waals surface area contributed by atoms with Gasteiger partial charge in [0.2, 0.25) is 0 Å². The highest BCUT2D eigenvalue weighted by Crippen LogP contribution is 2.38. The summed E-state index contributed by atoms with van der Waals surface area (Å²) in [5.41, 5.74) is 0. The second-order valence-corrected chi connectivity index (χ2v) is 6.52. The van der Waals surface area contributed by atoms with E-state index in [0.29, 0.717) is 5.92 Å². The molecule has 114 valence electrons. The zero-order valence-corrected chi connectivity index (χ0v) is 12.0. The van der Waals surface area contributed by atoms with E-state index in [4.69, 9.17) is 4.74 Å². The van der Waals surface area contributed by atoms with Crippen LogP contribution in [0.2, 0.25) is 0 Å². The first-order valence-electron chi connectivity index (χ1n) is 8.07. The van der Waals surface area contributed by atoms with Gasteiger partial charge >= 0.3 is 6.03 Å². The lowest BCUT2D eigenvalue weighted by molar-refractivity contribution is 0.0820. The van der Waals surface area contributed by atoms with E-state index < -0.39 is 0 Å². The van der Waals surface area contributed by atoms with Crippen LogP contribution >= 0.6 is 0 Å². The molecule has 0 unspecified atom stereocenters. The topological polar surface area (TPSA) is 70.6 Å². The number of amides is 2. The summed E-state index contributed by atoms with van der Waals surface area (Å²) in [5, 5.41) is 15.5. The molecule has 4 atom stereocenters. The van der Waals surface area contributed by atoms with Crippen molar-refractivity contribution >= 4 is 6.03 Å². The van der Waals surface area contributed by atoms with Crippen LogP contribution in [0, 0.1) is 11.8 Å². The van der Waals surface area contributed by atoms with Gasteiger partial charge in [-0.3, -0.25) is 0 Å². The highest BCUT2D eigenvalue weighted by Gasteiger charge is 2.41. The molecular weight excluding hydrogens is 256 g/mol. The SMILES string of the molecule is O=C(N[C@@H]1CCCC[C@@H]1CO)N[C@@H]1CCO[C@@H]1C1CC1. The van der Waals surface area contributed by atoms with Crippen LogP contribution in [0.5, 0.6) is 0 Å². The number of nitrogens with one attached hydrogen (secondary N) is 2. The summed E-state index contributed by atoms with van der Waals surface area (Å²) >= 11 is 0. The Bertz CT molecular complexity index is 340. The van der Waals surface area contributed by atoms with Crippen LogP contribution in [-0.2, 0) is 4.74 Å². The fourth-order valence-corrected chi connectivity index (χ4v) is 3.65. The van der Waals surface area contributed by atoms with Gasteiger partial charge in [-0.05, 0) is 38.0 Å². The molecule has 0 aromatic carbocycles. The molecule has 5 nitrogen and oxygen atoms in total. The van der Waals surface area contributed by atoms with Gasteiger partial charge in [-0.1, -0.05) is 12.8 Å². The van der Waals surface area contributed by atoms with Crippen molar-refractivity contribution in [2.75, 3.05) is 13.2 Å². The summed E-state index contributed by atoms with van der Waals surface area (Å²) in [6.07, 6.45) is 7.90. The Hall–Kier alpha value is -0.810. The van der Waals surface area contributed by atoms with Crippen LogP contribution in [0.1, 0.15) is 44.9 Å². The lowest BCUT2D eigenvalue weighted by atomic mass is 9.85. The summed E-state index contributed by atoms with van der Waals surface area (Å²) in [5.74, 6) is 0.872. The maximum Gasteiger partial charge on any atom is 0.315 e. The van der Waals surface area contributed by atoms with Crippen molar-refractivity contribution in [2.45, 2.75) is 63.1 Å². The molecule has 2 amide bonds. The Kier molecular flexibility index (Phi) is 4.46. The molecule has 2 saturated carbocycles. The first-order chi connectivity index (χ1) is 9.78. The number of hydrogen-bond donors (Lipinski definition) is 3.